The largest absolute Gasteiger partial charge is 0.292 e. The van der Waals surface area contributed by atoms with Crippen LogP contribution in [0.1, 0.15) is 54.7 Å². The summed E-state index contributed by atoms with van der Waals surface area (Å²) < 4.78 is 1.61. The summed E-state index contributed by atoms with van der Waals surface area (Å²) in [6.45, 7) is 5.87. The Morgan fingerprint density at radius 1 is 1.27 bits per heavy atom. The van der Waals surface area contributed by atoms with E-state index in [4.69, 9.17) is 0 Å². The van der Waals surface area contributed by atoms with Crippen molar-refractivity contribution in [2.45, 2.75) is 52.1 Å². The molecule has 0 aliphatic carbocycles. The van der Waals surface area contributed by atoms with Crippen LogP contribution in [-0.4, -0.2) is 31.0 Å². The maximum atomic E-state index is 12.7. The molecular formula is C20H25N5O. The third-order valence-electron chi connectivity index (χ3n) is 5.40. The van der Waals surface area contributed by atoms with Gasteiger partial charge in [0.1, 0.15) is 0 Å². The summed E-state index contributed by atoms with van der Waals surface area (Å²) in [5, 5.41) is 3.34. The fourth-order valence-corrected chi connectivity index (χ4v) is 4.02. The van der Waals surface area contributed by atoms with Gasteiger partial charge in [-0.15, -0.1) is 0 Å². The van der Waals surface area contributed by atoms with Crippen molar-refractivity contribution in [1.82, 2.24) is 24.5 Å². The van der Waals surface area contributed by atoms with Crippen molar-refractivity contribution in [3.63, 3.8) is 0 Å². The number of likely N-dealkylation sites (tertiary alicyclic amines) is 1. The molecule has 1 N–H and O–H groups in total. The van der Waals surface area contributed by atoms with E-state index in [1.807, 2.05) is 32.3 Å². The number of rotatable bonds is 4. The van der Waals surface area contributed by atoms with E-state index in [9.17, 15) is 4.79 Å². The van der Waals surface area contributed by atoms with Gasteiger partial charge in [-0.3, -0.25) is 19.8 Å². The molecule has 0 unspecified atom stereocenters. The SMILES string of the molecule is CCc1c(C)nc2cc([C@H]3CCCCN3Cc3ccncc3)[nH]n2c1=O. The second-order valence-corrected chi connectivity index (χ2v) is 7.08. The zero-order valence-electron chi connectivity index (χ0n) is 15.4. The fourth-order valence-electron chi connectivity index (χ4n) is 4.02. The van der Waals surface area contributed by atoms with Gasteiger partial charge in [0.25, 0.3) is 5.56 Å². The van der Waals surface area contributed by atoms with E-state index in [0.29, 0.717) is 12.1 Å². The van der Waals surface area contributed by atoms with Crippen molar-refractivity contribution in [2.75, 3.05) is 6.54 Å². The van der Waals surface area contributed by atoms with Crippen LogP contribution in [0.3, 0.4) is 0 Å². The van der Waals surface area contributed by atoms with Gasteiger partial charge in [-0.05, 0) is 50.4 Å². The smallest absolute Gasteiger partial charge is 0.276 e. The molecule has 0 saturated carbocycles. The number of fused-ring (bicyclic) bond motifs is 1. The predicted octanol–water partition coefficient (Wildman–Crippen LogP) is 3.02. The minimum atomic E-state index is 0.0257. The molecule has 1 atom stereocenters. The van der Waals surface area contributed by atoms with E-state index in [1.165, 1.54) is 18.4 Å². The molecule has 0 spiro atoms. The highest BCUT2D eigenvalue weighted by atomic mass is 16.1. The average Bonchev–Trinajstić information content (AvgIpc) is 3.07. The molecule has 6 heteroatoms. The van der Waals surface area contributed by atoms with Crippen LogP contribution in [-0.2, 0) is 13.0 Å². The number of pyridine rings is 1. The molecule has 26 heavy (non-hydrogen) atoms. The lowest BCUT2D eigenvalue weighted by Gasteiger charge is -2.35. The van der Waals surface area contributed by atoms with Gasteiger partial charge in [0.05, 0.1) is 11.7 Å². The number of hydrogen-bond acceptors (Lipinski definition) is 4. The molecule has 0 bridgehead atoms. The lowest BCUT2D eigenvalue weighted by atomic mass is 9.98. The van der Waals surface area contributed by atoms with Gasteiger partial charge < -0.3 is 0 Å². The highest BCUT2D eigenvalue weighted by Crippen LogP contribution is 2.31. The monoisotopic (exact) mass is 351 g/mol. The van der Waals surface area contributed by atoms with Crippen LogP contribution >= 0.6 is 0 Å². The van der Waals surface area contributed by atoms with Crippen molar-refractivity contribution in [3.05, 3.63) is 63.5 Å². The number of hydrogen-bond donors (Lipinski definition) is 1. The second kappa shape index (κ2) is 7.03. The first-order valence-electron chi connectivity index (χ1n) is 9.41. The van der Waals surface area contributed by atoms with Crippen LogP contribution in [0.25, 0.3) is 5.65 Å². The van der Waals surface area contributed by atoms with E-state index in [-0.39, 0.29) is 11.6 Å². The summed E-state index contributed by atoms with van der Waals surface area (Å²) >= 11 is 0. The highest BCUT2D eigenvalue weighted by Gasteiger charge is 2.26. The maximum absolute atomic E-state index is 12.7. The normalized spacial score (nSPS) is 18.5. The molecule has 4 rings (SSSR count). The average molecular weight is 351 g/mol. The van der Waals surface area contributed by atoms with E-state index >= 15 is 0 Å². The molecule has 0 aromatic carbocycles. The summed E-state index contributed by atoms with van der Waals surface area (Å²) in [5.74, 6) is 0. The first-order valence-corrected chi connectivity index (χ1v) is 9.41. The highest BCUT2D eigenvalue weighted by molar-refractivity contribution is 5.42. The molecule has 3 aromatic rings. The second-order valence-electron chi connectivity index (χ2n) is 7.08. The molecule has 0 radical (unpaired) electrons. The Hall–Kier alpha value is -2.47. The van der Waals surface area contributed by atoms with Crippen LogP contribution in [0.2, 0.25) is 0 Å². The lowest BCUT2D eigenvalue weighted by Crippen LogP contribution is -2.33. The minimum absolute atomic E-state index is 0.0257. The van der Waals surface area contributed by atoms with Gasteiger partial charge in [-0.1, -0.05) is 13.3 Å². The molecule has 1 aliphatic rings. The van der Waals surface area contributed by atoms with Crippen LogP contribution in [0, 0.1) is 6.92 Å². The van der Waals surface area contributed by atoms with Crippen molar-refractivity contribution in [2.24, 2.45) is 0 Å². The minimum Gasteiger partial charge on any atom is -0.292 e. The summed E-state index contributed by atoms with van der Waals surface area (Å²) in [6, 6.07) is 6.46. The van der Waals surface area contributed by atoms with Crippen LogP contribution in [0.4, 0.5) is 0 Å². The van der Waals surface area contributed by atoms with Crippen molar-refractivity contribution < 1.29 is 0 Å². The van der Waals surface area contributed by atoms with Gasteiger partial charge in [-0.2, -0.15) is 0 Å². The molecule has 1 aliphatic heterocycles. The van der Waals surface area contributed by atoms with Gasteiger partial charge in [-0.25, -0.2) is 9.50 Å². The lowest BCUT2D eigenvalue weighted by molar-refractivity contribution is 0.137. The molecule has 1 saturated heterocycles. The van der Waals surface area contributed by atoms with Crippen LogP contribution < -0.4 is 5.56 Å². The summed E-state index contributed by atoms with van der Waals surface area (Å²) in [4.78, 5) is 24.0. The third-order valence-corrected chi connectivity index (χ3v) is 5.40. The Balaban J connectivity index is 1.70. The molecule has 6 nitrogen and oxygen atoms in total. The number of piperidine rings is 1. The van der Waals surface area contributed by atoms with E-state index < -0.39 is 0 Å². The van der Waals surface area contributed by atoms with Crippen LogP contribution in [0.5, 0.6) is 0 Å². The Labute approximate surface area is 152 Å². The summed E-state index contributed by atoms with van der Waals surface area (Å²) in [5.41, 5.74) is 4.71. The molecule has 1 fully saturated rings. The van der Waals surface area contributed by atoms with Gasteiger partial charge >= 0.3 is 0 Å². The van der Waals surface area contributed by atoms with Crippen molar-refractivity contribution >= 4 is 5.65 Å². The first kappa shape index (κ1) is 17.0. The number of aromatic nitrogens is 4. The van der Waals surface area contributed by atoms with Gasteiger partial charge in [0.15, 0.2) is 5.65 Å². The van der Waals surface area contributed by atoms with E-state index in [0.717, 1.165) is 36.5 Å². The number of aromatic amines is 1. The Bertz CT molecular complexity index is 959. The number of aryl methyl sites for hydroxylation is 1. The molecule has 136 valence electrons. The number of nitrogens with one attached hydrogen (secondary N) is 1. The molecular weight excluding hydrogens is 326 g/mol. The number of nitrogens with zero attached hydrogens (tertiary/aromatic N) is 4. The van der Waals surface area contributed by atoms with E-state index in [2.05, 4.69) is 32.1 Å². The van der Waals surface area contributed by atoms with Gasteiger partial charge in [0.2, 0.25) is 0 Å². The van der Waals surface area contributed by atoms with Crippen molar-refractivity contribution in [1.29, 1.82) is 0 Å². The molecule has 4 heterocycles. The predicted molar refractivity (Wildman–Crippen MR) is 101 cm³/mol. The first-order chi connectivity index (χ1) is 12.7. The quantitative estimate of drug-likeness (QED) is 0.785. The fraction of sp³-hybridized carbons (Fsp3) is 0.450. The topological polar surface area (TPSA) is 66.3 Å². The van der Waals surface area contributed by atoms with Crippen LogP contribution in [0.15, 0.2) is 35.4 Å². The van der Waals surface area contributed by atoms with E-state index in [1.54, 1.807) is 4.52 Å². The third kappa shape index (κ3) is 3.05. The summed E-state index contributed by atoms with van der Waals surface area (Å²) in [7, 11) is 0. The Morgan fingerprint density at radius 2 is 2.08 bits per heavy atom. The Morgan fingerprint density at radius 3 is 2.85 bits per heavy atom. The Kier molecular flexibility index (Phi) is 4.59. The molecule has 0 amide bonds. The zero-order valence-corrected chi connectivity index (χ0v) is 15.4. The van der Waals surface area contributed by atoms with Gasteiger partial charge in [0, 0.05) is 36.3 Å². The molecule has 3 aromatic heterocycles. The number of H-pyrrole nitrogens is 1. The summed E-state index contributed by atoms with van der Waals surface area (Å²) in [6.07, 6.45) is 7.89. The standard InChI is InChI=1S/C20H25N5O/c1-3-16-14(2)22-19-12-17(23-25(19)20(16)26)18-6-4-5-11-24(18)13-15-7-9-21-10-8-15/h7-10,12,18,23H,3-6,11,13H2,1-2H3/t18-/m1/s1. The van der Waals surface area contributed by atoms with Crippen molar-refractivity contribution in [3.8, 4) is 0 Å². The maximum Gasteiger partial charge on any atom is 0.276 e. The zero-order chi connectivity index (χ0) is 18.1.